The van der Waals surface area contributed by atoms with Gasteiger partial charge in [-0.15, -0.1) is 0 Å². The van der Waals surface area contributed by atoms with Crippen LogP contribution in [0, 0.1) is 6.92 Å². The lowest BCUT2D eigenvalue weighted by Gasteiger charge is -2.09. The Morgan fingerprint density at radius 3 is 2.44 bits per heavy atom. The maximum absolute atomic E-state index is 13.4. The van der Waals surface area contributed by atoms with Crippen LogP contribution in [0.3, 0.4) is 0 Å². The summed E-state index contributed by atoms with van der Waals surface area (Å²) >= 11 is 12.2. The van der Waals surface area contributed by atoms with Crippen LogP contribution in [0.15, 0.2) is 66.7 Å². The minimum atomic E-state index is -0.185. The highest BCUT2D eigenvalue weighted by Gasteiger charge is 2.22. The van der Waals surface area contributed by atoms with Crippen LogP contribution in [0.4, 0.5) is 0 Å². The van der Waals surface area contributed by atoms with Crippen molar-refractivity contribution in [1.29, 1.82) is 0 Å². The van der Waals surface area contributed by atoms with Crippen molar-refractivity contribution in [2.75, 3.05) is 13.7 Å². The average molecular weight is 495 g/mol. The maximum Gasteiger partial charge on any atom is 0.262 e. The number of halogens is 2. The van der Waals surface area contributed by atoms with E-state index in [2.05, 4.69) is 5.32 Å². The SMILES string of the molecule is COc1ccc2c(c1)c(CC(=O)NCCc1ccccc1Cl)c(C)n2C(=O)c1ccc(Cl)cc1. The van der Waals surface area contributed by atoms with Gasteiger partial charge >= 0.3 is 0 Å². The molecule has 7 heteroatoms. The zero-order valence-electron chi connectivity index (χ0n) is 18.9. The highest BCUT2D eigenvalue weighted by Crippen LogP contribution is 2.31. The first kappa shape index (κ1) is 23.9. The molecule has 0 atom stereocenters. The summed E-state index contributed by atoms with van der Waals surface area (Å²) in [6, 6.07) is 19.9. The van der Waals surface area contributed by atoms with Crippen LogP contribution in [0.1, 0.15) is 27.2 Å². The molecular weight excluding hydrogens is 471 g/mol. The standard InChI is InChI=1S/C27H24Cl2N2O3/c1-17-22(16-26(32)30-14-13-18-5-3-4-6-24(18)29)23-15-21(34-2)11-12-25(23)31(17)27(33)19-7-9-20(28)10-8-19/h3-12,15H,13-14,16H2,1-2H3,(H,30,32). The predicted octanol–water partition coefficient (Wildman–Crippen LogP) is 5.86. The molecule has 5 nitrogen and oxygen atoms in total. The number of rotatable bonds is 7. The van der Waals surface area contributed by atoms with Crippen molar-refractivity contribution in [3.63, 3.8) is 0 Å². The Morgan fingerprint density at radius 1 is 1.00 bits per heavy atom. The summed E-state index contributed by atoms with van der Waals surface area (Å²) in [5.41, 5.74) is 3.71. The van der Waals surface area contributed by atoms with E-state index in [1.54, 1.807) is 42.0 Å². The van der Waals surface area contributed by atoms with Crippen LogP contribution in [0.25, 0.3) is 10.9 Å². The molecule has 1 N–H and O–H groups in total. The molecule has 0 fully saturated rings. The number of nitrogens with one attached hydrogen (secondary N) is 1. The van der Waals surface area contributed by atoms with E-state index >= 15 is 0 Å². The van der Waals surface area contributed by atoms with Crippen molar-refractivity contribution in [2.24, 2.45) is 0 Å². The second-order valence-electron chi connectivity index (χ2n) is 7.96. The number of hydrogen-bond acceptors (Lipinski definition) is 3. The van der Waals surface area contributed by atoms with Gasteiger partial charge < -0.3 is 10.1 Å². The smallest absolute Gasteiger partial charge is 0.262 e. The van der Waals surface area contributed by atoms with E-state index in [0.29, 0.717) is 40.0 Å². The lowest BCUT2D eigenvalue weighted by Crippen LogP contribution is -2.27. The Hall–Kier alpha value is -3.28. The second kappa shape index (κ2) is 10.3. The summed E-state index contributed by atoms with van der Waals surface area (Å²) in [6.07, 6.45) is 0.772. The zero-order chi connectivity index (χ0) is 24.2. The van der Waals surface area contributed by atoms with Gasteiger partial charge in [-0.3, -0.25) is 14.2 Å². The first-order valence-electron chi connectivity index (χ1n) is 10.9. The highest BCUT2D eigenvalue weighted by molar-refractivity contribution is 6.31. The van der Waals surface area contributed by atoms with Gasteiger partial charge in [-0.1, -0.05) is 41.4 Å². The van der Waals surface area contributed by atoms with Gasteiger partial charge in [0.2, 0.25) is 5.91 Å². The topological polar surface area (TPSA) is 60.3 Å². The molecule has 1 heterocycles. The van der Waals surface area contributed by atoms with E-state index in [1.807, 2.05) is 43.3 Å². The monoisotopic (exact) mass is 494 g/mol. The summed E-state index contributed by atoms with van der Waals surface area (Å²) in [5, 5.41) is 5.02. The number of methoxy groups -OCH3 is 1. The summed E-state index contributed by atoms with van der Waals surface area (Å²) < 4.78 is 7.04. The molecule has 4 aromatic rings. The summed E-state index contributed by atoms with van der Waals surface area (Å²) in [4.78, 5) is 26.2. The molecule has 0 bridgehead atoms. The number of nitrogens with zero attached hydrogens (tertiary/aromatic N) is 1. The number of ether oxygens (including phenoxy) is 1. The first-order chi connectivity index (χ1) is 16.4. The van der Waals surface area contributed by atoms with Crippen molar-refractivity contribution in [2.45, 2.75) is 19.8 Å². The van der Waals surface area contributed by atoms with Gasteiger partial charge in [-0.05, 0) is 73.0 Å². The molecular formula is C27H24Cl2N2O3. The van der Waals surface area contributed by atoms with Crippen molar-refractivity contribution >= 4 is 45.9 Å². The molecule has 0 radical (unpaired) electrons. The van der Waals surface area contributed by atoms with Crippen molar-refractivity contribution in [1.82, 2.24) is 9.88 Å². The Morgan fingerprint density at radius 2 is 1.74 bits per heavy atom. The lowest BCUT2D eigenvalue weighted by atomic mass is 10.1. The number of aromatic nitrogens is 1. The molecule has 0 aliphatic carbocycles. The maximum atomic E-state index is 13.4. The summed E-state index contributed by atoms with van der Waals surface area (Å²) in [6.45, 7) is 2.32. The number of carbonyl (C=O) groups excluding carboxylic acids is 2. The molecule has 174 valence electrons. The van der Waals surface area contributed by atoms with E-state index in [1.165, 1.54) is 0 Å². The van der Waals surface area contributed by atoms with Gasteiger partial charge in [0.05, 0.1) is 19.0 Å². The third kappa shape index (κ3) is 4.96. The molecule has 0 spiro atoms. The van der Waals surface area contributed by atoms with Gasteiger partial charge in [-0.25, -0.2) is 0 Å². The molecule has 0 aliphatic rings. The van der Waals surface area contributed by atoms with Crippen LogP contribution in [-0.4, -0.2) is 30.0 Å². The minimum Gasteiger partial charge on any atom is -0.497 e. The van der Waals surface area contributed by atoms with Crippen molar-refractivity contribution in [3.8, 4) is 5.75 Å². The van der Waals surface area contributed by atoms with Crippen LogP contribution >= 0.6 is 23.2 Å². The van der Waals surface area contributed by atoms with Crippen molar-refractivity contribution < 1.29 is 14.3 Å². The van der Waals surface area contributed by atoms with Gasteiger partial charge in [-0.2, -0.15) is 0 Å². The molecule has 3 aromatic carbocycles. The third-order valence-corrected chi connectivity index (χ3v) is 6.47. The normalized spacial score (nSPS) is 10.9. The number of hydrogen-bond donors (Lipinski definition) is 1. The van der Waals surface area contributed by atoms with Gasteiger partial charge in [0, 0.05) is 33.2 Å². The zero-order valence-corrected chi connectivity index (χ0v) is 20.4. The average Bonchev–Trinajstić information content (AvgIpc) is 3.10. The highest BCUT2D eigenvalue weighted by atomic mass is 35.5. The number of benzene rings is 3. The summed E-state index contributed by atoms with van der Waals surface area (Å²) in [5.74, 6) is 0.342. The summed E-state index contributed by atoms with van der Waals surface area (Å²) in [7, 11) is 1.59. The molecule has 0 unspecified atom stereocenters. The molecule has 1 aromatic heterocycles. The Labute approximate surface area is 208 Å². The number of amides is 1. The molecule has 1 amide bonds. The predicted molar refractivity (Wildman–Crippen MR) is 136 cm³/mol. The van der Waals surface area contributed by atoms with Crippen LogP contribution < -0.4 is 10.1 Å². The largest absolute Gasteiger partial charge is 0.497 e. The van der Waals surface area contributed by atoms with Crippen molar-refractivity contribution in [3.05, 3.63) is 99.2 Å². The molecule has 0 saturated heterocycles. The third-order valence-electron chi connectivity index (χ3n) is 5.85. The first-order valence-corrected chi connectivity index (χ1v) is 11.6. The van der Waals surface area contributed by atoms with Crippen LogP contribution in [0.5, 0.6) is 5.75 Å². The fourth-order valence-electron chi connectivity index (χ4n) is 4.06. The molecule has 0 saturated carbocycles. The minimum absolute atomic E-state index is 0.129. The van der Waals surface area contributed by atoms with E-state index in [9.17, 15) is 9.59 Å². The Bertz CT molecular complexity index is 1360. The van der Waals surface area contributed by atoms with Crippen LogP contribution in [-0.2, 0) is 17.6 Å². The molecule has 4 rings (SSSR count). The van der Waals surface area contributed by atoms with Gasteiger partial charge in [0.15, 0.2) is 0 Å². The Balaban J connectivity index is 1.61. The number of carbonyl (C=O) groups is 2. The number of fused-ring (bicyclic) bond motifs is 1. The van der Waals surface area contributed by atoms with Crippen LogP contribution in [0.2, 0.25) is 10.0 Å². The van der Waals surface area contributed by atoms with E-state index in [4.69, 9.17) is 27.9 Å². The lowest BCUT2D eigenvalue weighted by molar-refractivity contribution is -0.120. The fraction of sp³-hybridized carbons (Fsp3) is 0.185. The van der Waals surface area contributed by atoms with Gasteiger partial charge in [0.25, 0.3) is 5.91 Å². The van der Waals surface area contributed by atoms with E-state index in [0.717, 1.165) is 22.0 Å². The van der Waals surface area contributed by atoms with Gasteiger partial charge in [0.1, 0.15) is 5.75 Å². The molecule has 34 heavy (non-hydrogen) atoms. The second-order valence-corrected chi connectivity index (χ2v) is 8.81. The quantitative estimate of drug-likeness (QED) is 0.350. The Kier molecular flexibility index (Phi) is 7.25. The molecule has 0 aliphatic heterocycles. The fourth-order valence-corrected chi connectivity index (χ4v) is 4.41. The van der Waals surface area contributed by atoms with E-state index < -0.39 is 0 Å². The van der Waals surface area contributed by atoms with E-state index in [-0.39, 0.29) is 18.2 Å².